The van der Waals surface area contributed by atoms with E-state index in [0.717, 1.165) is 0 Å². The summed E-state index contributed by atoms with van der Waals surface area (Å²) in [6, 6.07) is 5.09. The number of ketones is 1. The Morgan fingerprint density at radius 3 is 2.73 bits per heavy atom. The van der Waals surface area contributed by atoms with Crippen molar-refractivity contribution in [3.63, 3.8) is 0 Å². The molecule has 0 bridgehead atoms. The SMILES string of the molecule is COc1cccc2c1C(=O)C=C(Br)C2(O)C1=NC(C)(C)CO1. The van der Waals surface area contributed by atoms with Crippen molar-refractivity contribution in [1.82, 2.24) is 0 Å². The number of benzene rings is 1. The van der Waals surface area contributed by atoms with E-state index in [-0.39, 0.29) is 11.7 Å². The van der Waals surface area contributed by atoms with Gasteiger partial charge in [-0.15, -0.1) is 0 Å². The summed E-state index contributed by atoms with van der Waals surface area (Å²) in [6.45, 7) is 4.21. The van der Waals surface area contributed by atoms with E-state index >= 15 is 0 Å². The number of hydrogen-bond acceptors (Lipinski definition) is 5. The second-order valence-corrected chi connectivity index (χ2v) is 6.82. The van der Waals surface area contributed by atoms with Crippen molar-refractivity contribution in [1.29, 1.82) is 0 Å². The number of rotatable bonds is 2. The maximum Gasteiger partial charge on any atom is 0.227 e. The highest BCUT2D eigenvalue weighted by molar-refractivity contribution is 9.11. The maximum absolute atomic E-state index is 12.3. The Labute approximate surface area is 136 Å². The fraction of sp³-hybridized carbons (Fsp3) is 0.375. The Hall–Kier alpha value is -1.66. The molecule has 1 atom stereocenters. The lowest BCUT2D eigenvalue weighted by atomic mass is 9.82. The average Bonchev–Trinajstić information content (AvgIpc) is 2.84. The van der Waals surface area contributed by atoms with E-state index in [9.17, 15) is 9.90 Å². The summed E-state index contributed by atoms with van der Waals surface area (Å²) in [5, 5.41) is 11.3. The van der Waals surface area contributed by atoms with Crippen LogP contribution in [-0.4, -0.2) is 36.0 Å². The molecule has 1 aliphatic heterocycles. The van der Waals surface area contributed by atoms with Gasteiger partial charge in [0, 0.05) is 16.1 Å². The molecule has 0 radical (unpaired) electrons. The zero-order valence-electron chi connectivity index (χ0n) is 12.5. The highest BCUT2D eigenvalue weighted by atomic mass is 79.9. The minimum Gasteiger partial charge on any atom is -0.496 e. The van der Waals surface area contributed by atoms with Gasteiger partial charge in [-0.1, -0.05) is 28.1 Å². The van der Waals surface area contributed by atoms with Crippen LogP contribution in [0, 0.1) is 0 Å². The second-order valence-electron chi connectivity index (χ2n) is 5.97. The number of carbonyl (C=O) groups excluding carboxylic acids is 1. The van der Waals surface area contributed by atoms with Crippen molar-refractivity contribution >= 4 is 27.6 Å². The van der Waals surface area contributed by atoms with Gasteiger partial charge in [0.1, 0.15) is 12.4 Å². The molecule has 1 unspecified atom stereocenters. The number of carbonyl (C=O) groups is 1. The summed E-state index contributed by atoms with van der Waals surface area (Å²) in [6.07, 6.45) is 1.34. The zero-order valence-corrected chi connectivity index (χ0v) is 14.1. The summed E-state index contributed by atoms with van der Waals surface area (Å²) >= 11 is 3.30. The minimum atomic E-state index is -1.62. The molecular weight excluding hydrogens is 350 g/mol. The highest BCUT2D eigenvalue weighted by Gasteiger charge is 2.49. The molecule has 1 aliphatic carbocycles. The Morgan fingerprint density at radius 2 is 2.14 bits per heavy atom. The molecule has 1 aromatic carbocycles. The second kappa shape index (κ2) is 4.93. The van der Waals surface area contributed by atoms with E-state index in [4.69, 9.17) is 9.47 Å². The molecule has 2 aliphatic rings. The number of aliphatic imine (C=N–C) groups is 1. The lowest BCUT2D eigenvalue weighted by Gasteiger charge is -2.32. The van der Waals surface area contributed by atoms with E-state index in [2.05, 4.69) is 20.9 Å². The molecule has 1 heterocycles. The lowest BCUT2D eigenvalue weighted by molar-refractivity contribution is 0.0976. The van der Waals surface area contributed by atoms with Gasteiger partial charge in [-0.3, -0.25) is 4.79 Å². The van der Waals surface area contributed by atoms with Gasteiger partial charge in [0.05, 0.1) is 18.2 Å². The highest BCUT2D eigenvalue weighted by Crippen LogP contribution is 2.45. The van der Waals surface area contributed by atoms with Crippen LogP contribution < -0.4 is 4.74 Å². The summed E-state index contributed by atoms with van der Waals surface area (Å²) < 4.78 is 11.2. The van der Waals surface area contributed by atoms with Crippen LogP contribution in [0.1, 0.15) is 29.8 Å². The van der Waals surface area contributed by atoms with Crippen LogP contribution in [0.5, 0.6) is 5.75 Å². The topological polar surface area (TPSA) is 68.1 Å². The van der Waals surface area contributed by atoms with Gasteiger partial charge in [-0.25, -0.2) is 4.99 Å². The normalized spacial score (nSPS) is 26.0. The molecule has 116 valence electrons. The smallest absolute Gasteiger partial charge is 0.227 e. The van der Waals surface area contributed by atoms with E-state index in [1.165, 1.54) is 13.2 Å². The Morgan fingerprint density at radius 1 is 1.41 bits per heavy atom. The minimum absolute atomic E-state index is 0.183. The van der Waals surface area contributed by atoms with Crippen LogP contribution in [0.2, 0.25) is 0 Å². The maximum atomic E-state index is 12.3. The van der Waals surface area contributed by atoms with Gasteiger partial charge >= 0.3 is 0 Å². The largest absolute Gasteiger partial charge is 0.496 e. The molecule has 0 saturated carbocycles. The summed E-state index contributed by atoms with van der Waals surface area (Å²) in [5.74, 6) is 0.361. The van der Waals surface area contributed by atoms with Crippen molar-refractivity contribution < 1.29 is 19.4 Å². The van der Waals surface area contributed by atoms with Crippen LogP contribution in [0.3, 0.4) is 0 Å². The number of hydrogen-bond donors (Lipinski definition) is 1. The molecule has 0 spiro atoms. The number of methoxy groups -OCH3 is 1. The summed E-state index contributed by atoms with van der Waals surface area (Å²) in [7, 11) is 1.49. The molecule has 5 nitrogen and oxygen atoms in total. The molecule has 3 rings (SSSR count). The monoisotopic (exact) mass is 365 g/mol. The van der Waals surface area contributed by atoms with E-state index in [0.29, 0.717) is 28.0 Å². The zero-order chi connectivity index (χ0) is 16.1. The fourth-order valence-electron chi connectivity index (χ4n) is 2.66. The number of ether oxygens (including phenoxy) is 2. The van der Waals surface area contributed by atoms with E-state index in [1.807, 2.05) is 13.8 Å². The third-order valence-electron chi connectivity index (χ3n) is 3.76. The molecule has 1 N–H and O–H groups in total. The lowest BCUT2D eigenvalue weighted by Crippen LogP contribution is -2.40. The molecule has 22 heavy (non-hydrogen) atoms. The van der Waals surface area contributed by atoms with Crippen molar-refractivity contribution in [2.45, 2.75) is 25.0 Å². The van der Waals surface area contributed by atoms with Crippen LogP contribution >= 0.6 is 15.9 Å². The number of nitrogens with zero attached hydrogens (tertiary/aromatic N) is 1. The number of fused-ring (bicyclic) bond motifs is 1. The molecule has 0 fully saturated rings. The summed E-state index contributed by atoms with van der Waals surface area (Å²) in [4.78, 5) is 16.8. The van der Waals surface area contributed by atoms with Crippen molar-refractivity contribution in [3.05, 3.63) is 39.9 Å². The predicted octanol–water partition coefficient (Wildman–Crippen LogP) is 2.57. The summed E-state index contributed by atoms with van der Waals surface area (Å²) in [5.41, 5.74) is -1.31. The standard InChI is InChI=1S/C16H16BrNO4/c1-15(2)8-22-14(18-15)16(20)9-5-4-6-11(21-3)13(9)10(19)7-12(16)17/h4-7,20H,8H2,1-3H3. The predicted molar refractivity (Wildman–Crippen MR) is 85.7 cm³/mol. The number of halogens is 1. The first kappa shape index (κ1) is 15.2. The quantitative estimate of drug-likeness (QED) is 0.874. The fourth-order valence-corrected chi connectivity index (χ4v) is 3.26. The van der Waals surface area contributed by atoms with Gasteiger partial charge in [0.2, 0.25) is 5.90 Å². The Balaban J connectivity index is 2.25. The Bertz CT molecular complexity index is 723. The van der Waals surface area contributed by atoms with Crippen LogP contribution in [0.25, 0.3) is 0 Å². The van der Waals surface area contributed by atoms with Crippen LogP contribution in [-0.2, 0) is 10.3 Å². The number of allylic oxidation sites excluding steroid dienone is 1. The van der Waals surface area contributed by atoms with Crippen molar-refractivity contribution in [2.75, 3.05) is 13.7 Å². The Kier molecular flexibility index (Phi) is 3.41. The molecular formula is C16H16BrNO4. The molecule has 0 amide bonds. The third kappa shape index (κ3) is 2.09. The molecule has 6 heteroatoms. The average molecular weight is 366 g/mol. The third-order valence-corrected chi connectivity index (χ3v) is 4.56. The van der Waals surface area contributed by atoms with Crippen LogP contribution in [0.15, 0.2) is 33.7 Å². The number of aliphatic hydroxyl groups is 1. The molecule has 1 aromatic rings. The van der Waals surface area contributed by atoms with Crippen molar-refractivity contribution in [2.24, 2.45) is 4.99 Å². The van der Waals surface area contributed by atoms with Gasteiger partial charge < -0.3 is 14.6 Å². The van der Waals surface area contributed by atoms with Crippen LogP contribution in [0.4, 0.5) is 0 Å². The first-order valence-corrected chi connectivity index (χ1v) is 7.64. The van der Waals surface area contributed by atoms with Gasteiger partial charge in [-0.2, -0.15) is 0 Å². The van der Waals surface area contributed by atoms with E-state index < -0.39 is 11.1 Å². The van der Waals surface area contributed by atoms with Gasteiger partial charge in [0.15, 0.2) is 11.4 Å². The van der Waals surface area contributed by atoms with Gasteiger partial charge in [0.25, 0.3) is 0 Å². The first-order chi connectivity index (χ1) is 10.3. The first-order valence-electron chi connectivity index (χ1n) is 6.84. The van der Waals surface area contributed by atoms with E-state index in [1.54, 1.807) is 18.2 Å². The van der Waals surface area contributed by atoms with Crippen molar-refractivity contribution in [3.8, 4) is 5.75 Å². The molecule has 0 saturated heterocycles. The van der Waals surface area contributed by atoms with Gasteiger partial charge in [-0.05, 0) is 19.9 Å². The molecule has 0 aromatic heterocycles.